The number of nitrogens with one attached hydrogen (secondary N) is 1. The number of ether oxygens (including phenoxy) is 2. The molecule has 2 fully saturated rings. The van der Waals surface area contributed by atoms with E-state index in [9.17, 15) is 4.79 Å². The number of carbonyl (C=O) groups is 1. The van der Waals surface area contributed by atoms with Gasteiger partial charge in [0.1, 0.15) is 0 Å². The van der Waals surface area contributed by atoms with Crippen LogP contribution in [0.3, 0.4) is 0 Å². The number of amides is 1. The average Bonchev–Trinajstić information content (AvgIpc) is 3.04. The molecule has 2 rings (SSSR count). The van der Waals surface area contributed by atoms with Crippen molar-refractivity contribution in [3.63, 3.8) is 0 Å². The Morgan fingerprint density at radius 3 is 2.79 bits per heavy atom. The van der Waals surface area contributed by atoms with Gasteiger partial charge in [-0.3, -0.25) is 4.79 Å². The van der Waals surface area contributed by atoms with Crippen LogP contribution in [0.1, 0.15) is 46.0 Å². The topological polar surface area (TPSA) is 47.6 Å². The van der Waals surface area contributed by atoms with E-state index in [1.807, 2.05) is 0 Å². The van der Waals surface area contributed by atoms with Gasteiger partial charge in [-0.05, 0) is 31.6 Å². The Morgan fingerprint density at radius 1 is 1.26 bits per heavy atom. The molecule has 19 heavy (non-hydrogen) atoms. The molecule has 4 nitrogen and oxygen atoms in total. The zero-order valence-corrected chi connectivity index (χ0v) is 12.2. The third-order valence-corrected chi connectivity index (χ3v) is 4.20. The molecule has 3 atom stereocenters. The first-order chi connectivity index (χ1) is 9.16. The molecular formula is C15H27NO3. The molecule has 0 aliphatic carbocycles. The SMILES string of the molecule is CC(C)C1OCCC1CNC(=O)CCC1CCCO1. The Hall–Kier alpha value is -0.610. The van der Waals surface area contributed by atoms with E-state index in [1.165, 1.54) is 0 Å². The Morgan fingerprint density at radius 2 is 2.11 bits per heavy atom. The summed E-state index contributed by atoms with van der Waals surface area (Å²) >= 11 is 0. The van der Waals surface area contributed by atoms with Crippen molar-refractivity contribution in [1.82, 2.24) is 5.32 Å². The average molecular weight is 269 g/mol. The number of hydrogen-bond donors (Lipinski definition) is 1. The second-order valence-electron chi connectivity index (χ2n) is 6.11. The van der Waals surface area contributed by atoms with Crippen LogP contribution in [0.25, 0.3) is 0 Å². The van der Waals surface area contributed by atoms with Crippen LogP contribution >= 0.6 is 0 Å². The summed E-state index contributed by atoms with van der Waals surface area (Å²) in [6, 6.07) is 0. The molecule has 0 radical (unpaired) electrons. The molecule has 1 N–H and O–H groups in total. The van der Waals surface area contributed by atoms with Gasteiger partial charge in [0.25, 0.3) is 0 Å². The second kappa shape index (κ2) is 7.25. The van der Waals surface area contributed by atoms with Crippen molar-refractivity contribution < 1.29 is 14.3 Å². The van der Waals surface area contributed by atoms with Crippen LogP contribution in [0.4, 0.5) is 0 Å². The van der Waals surface area contributed by atoms with Crippen molar-refractivity contribution in [2.24, 2.45) is 11.8 Å². The Balaban J connectivity index is 1.62. The fourth-order valence-corrected chi connectivity index (χ4v) is 3.11. The van der Waals surface area contributed by atoms with Gasteiger partial charge in [0.2, 0.25) is 5.91 Å². The molecule has 2 heterocycles. The summed E-state index contributed by atoms with van der Waals surface area (Å²) in [6.07, 6.45) is 5.38. The molecule has 2 aliphatic rings. The molecule has 0 spiro atoms. The third-order valence-electron chi connectivity index (χ3n) is 4.20. The molecule has 2 aliphatic heterocycles. The maximum absolute atomic E-state index is 11.8. The van der Waals surface area contributed by atoms with Crippen LogP contribution in [0.15, 0.2) is 0 Å². The van der Waals surface area contributed by atoms with E-state index in [2.05, 4.69) is 19.2 Å². The molecule has 0 bridgehead atoms. The van der Waals surface area contributed by atoms with E-state index in [4.69, 9.17) is 9.47 Å². The first kappa shape index (κ1) is 14.8. The third kappa shape index (κ3) is 4.46. The minimum absolute atomic E-state index is 0.157. The fraction of sp³-hybridized carbons (Fsp3) is 0.933. The Kier molecular flexibility index (Phi) is 5.64. The van der Waals surface area contributed by atoms with Crippen molar-refractivity contribution in [1.29, 1.82) is 0 Å². The van der Waals surface area contributed by atoms with Crippen molar-refractivity contribution in [3.05, 3.63) is 0 Å². The molecule has 3 unspecified atom stereocenters. The number of rotatable bonds is 6. The predicted octanol–water partition coefficient (Wildman–Crippen LogP) is 2.12. The highest BCUT2D eigenvalue weighted by Gasteiger charge is 2.30. The first-order valence-electron chi connectivity index (χ1n) is 7.66. The van der Waals surface area contributed by atoms with Gasteiger partial charge >= 0.3 is 0 Å². The van der Waals surface area contributed by atoms with Gasteiger partial charge in [-0.25, -0.2) is 0 Å². The highest BCUT2D eigenvalue weighted by atomic mass is 16.5. The lowest BCUT2D eigenvalue weighted by molar-refractivity contribution is -0.122. The zero-order valence-electron chi connectivity index (χ0n) is 12.2. The highest BCUT2D eigenvalue weighted by molar-refractivity contribution is 5.75. The molecule has 0 saturated carbocycles. The van der Waals surface area contributed by atoms with Gasteiger partial charge in [-0.2, -0.15) is 0 Å². The van der Waals surface area contributed by atoms with Crippen LogP contribution in [-0.2, 0) is 14.3 Å². The van der Waals surface area contributed by atoms with E-state index in [1.54, 1.807) is 0 Å². The maximum Gasteiger partial charge on any atom is 0.220 e. The van der Waals surface area contributed by atoms with E-state index in [0.717, 1.165) is 45.4 Å². The smallest absolute Gasteiger partial charge is 0.220 e. The van der Waals surface area contributed by atoms with Gasteiger partial charge in [-0.1, -0.05) is 13.8 Å². The molecular weight excluding hydrogens is 242 g/mol. The summed E-state index contributed by atoms with van der Waals surface area (Å²) < 4.78 is 11.3. The van der Waals surface area contributed by atoms with Gasteiger partial charge in [0.15, 0.2) is 0 Å². The van der Waals surface area contributed by atoms with Crippen molar-refractivity contribution in [2.45, 2.75) is 58.2 Å². The molecule has 110 valence electrons. The molecule has 0 aromatic heterocycles. The first-order valence-corrected chi connectivity index (χ1v) is 7.66. The van der Waals surface area contributed by atoms with Crippen LogP contribution in [-0.4, -0.2) is 37.9 Å². The number of carbonyl (C=O) groups excluding carboxylic acids is 1. The quantitative estimate of drug-likeness (QED) is 0.803. The lowest BCUT2D eigenvalue weighted by Gasteiger charge is -2.22. The van der Waals surface area contributed by atoms with E-state index in [0.29, 0.717) is 30.5 Å². The largest absolute Gasteiger partial charge is 0.378 e. The van der Waals surface area contributed by atoms with Crippen LogP contribution < -0.4 is 5.32 Å². The summed E-state index contributed by atoms with van der Waals surface area (Å²) in [5.41, 5.74) is 0. The molecule has 4 heteroatoms. The van der Waals surface area contributed by atoms with Gasteiger partial charge < -0.3 is 14.8 Å². The van der Waals surface area contributed by atoms with E-state index < -0.39 is 0 Å². The van der Waals surface area contributed by atoms with Gasteiger partial charge in [0.05, 0.1) is 12.2 Å². The summed E-state index contributed by atoms with van der Waals surface area (Å²) in [4.78, 5) is 11.8. The van der Waals surface area contributed by atoms with Crippen LogP contribution in [0.2, 0.25) is 0 Å². The standard InChI is InChI=1S/C15H27NO3/c1-11(2)15-12(7-9-19-15)10-16-14(17)6-5-13-4-3-8-18-13/h11-13,15H,3-10H2,1-2H3,(H,16,17). The molecule has 0 aromatic rings. The second-order valence-corrected chi connectivity index (χ2v) is 6.11. The maximum atomic E-state index is 11.8. The van der Waals surface area contributed by atoms with E-state index >= 15 is 0 Å². The van der Waals surface area contributed by atoms with Gasteiger partial charge in [-0.15, -0.1) is 0 Å². The lowest BCUT2D eigenvalue weighted by atomic mass is 9.93. The summed E-state index contributed by atoms with van der Waals surface area (Å²) in [7, 11) is 0. The van der Waals surface area contributed by atoms with Crippen molar-refractivity contribution >= 4 is 5.91 Å². The minimum Gasteiger partial charge on any atom is -0.378 e. The number of hydrogen-bond acceptors (Lipinski definition) is 3. The van der Waals surface area contributed by atoms with Crippen LogP contribution in [0, 0.1) is 11.8 Å². The van der Waals surface area contributed by atoms with Crippen LogP contribution in [0.5, 0.6) is 0 Å². The van der Waals surface area contributed by atoms with E-state index in [-0.39, 0.29) is 5.91 Å². The van der Waals surface area contributed by atoms with Crippen molar-refractivity contribution in [2.75, 3.05) is 19.8 Å². The minimum atomic E-state index is 0.157. The Bertz CT molecular complexity index is 287. The highest BCUT2D eigenvalue weighted by Crippen LogP contribution is 2.26. The zero-order chi connectivity index (χ0) is 13.7. The normalized spacial score (nSPS) is 31.0. The molecule has 1 amide bonds. The predicted molar refractivity (Wildman–Crippen MR) is 73.9 cm³/mol. The van der Waals surface area contributed by atoms with Crippen molar-refractivity contribution in [3.8, 4) is 0 Å². The lowest BCUT2D eigenvalue weighted by Crippen LogP contribution is -2.35. The fourth-order valence-electron chi connectivity index (χ4n) is 3.11. The summed E-state index contributed by atoms with van der Waals surface area (Å²) in [5.74, 6) is 1.16. The molecule has 0 aromatic carbocycles. The summed E-state index contributed by atoms with van der Waals surface area (Å²) in [5, 5.41) is 3.06. The summed E-state index contributed by atoms with van der Waals surface area (Å²) in [6.45, 7) is 6.82. The monoisotopic (exact) mass is 269 g/mol. The molecule has 2 saturated heterocycles. The van der Waals surface area contributed by atoms with Gasteiger partial charge in [0, 0.05) is 32.1 Å². The Labute approximate surface area is 116 Å².